The van der Waals surface area contributed by atoms with Crippen LogP contribution < -0.4 is 5.32 Å². The van der Waals surface area contributed by atoms with Crippen molar-refractivity contribution in [1.29, 1.82) is 0 Å². The highest BCUT2D eigenvalue weighted by atomic mass is 32.2. The quantitative estimate of drug-likeness (QED) is 0.293. The van der Waals surface area contributed by atoms with Crippen LogP contribution in [-0.2, 0) is 25.9 Å². The van der Waals surface area contributed by atoms with Crippen LogP contribution in [0.1, 0.15) is 54.1 Å². The zero-order valence-electron chi connectivity index (χ0n) is 25.9. The Morgan fingerprint density at radius 1 is 1.11 bits per heavy atom. The van der Waals surface area contributed by atoms with Crippen molar-refractivity contribution in [2.75, 3.05) is 31.8 Å². The summed E-state index contributed by atoms with van der Waals surface area (Å²) in [6, 6.07) is 12.4. The van der Waals surface area contributed by atoms with Crippen LogP contribution in [0.25, 0.3) is 11.1 Å². The van der Waals surface area contributed by atoms with Crippen molar-refractivity contribution in [2.24, 2.45) is 5.92 Å². The number of carboxylic acid groups (broad SMARTS) is 1. The SMILES string of the molecule is CCC1CC(COCC2=CC=CC=CC2)N(Cc2ccc(C(=O)NC(CCS(C)(=O)=O)C(=O)O)c(-c3ccccc3C)c2)C1. The van der Waals surface area contributed by atoms with Crippen LogP contribution in [0.15, 0.2) is 78.4 Å². The number of aryl methyl sites for hydroxylation is 1. The van der Waals surface area contributed by atoms with E-state index >= 15 is 0 Å². The van der Waals surface area contributed by atoms with E-state index in [9.17, 15) is 23.1 Å². The number of carbonyl (C=O) groups excluding carboxylic acids is 1. The lowest BCUT2D eigenvalue weighted by molar-refractivity contribution is -0.139. The average Bonchev–Trinajstić information content (AvgIpc) is 3.17. The first kappa shape index (κ1) is 33.4. The Morgan fingerprint density at radius 3 is 2.64 bits per heavy atom. The number of nitrogens with zero attached hydrogens (tertiary/aromatic N) is 1. The van der Waals surface area contributed by atoms with Crippen molar-refractivity contribution in [3.63, 3.8) is 0 Å². The number of carbonyl (C=O) groups is 2. The number of benzene rings is 2. The molecule has 9 heteroatoms. The number of ether oxygens (including phenoxy) is 1. The van der Waals surface area contributed by atoms with Crippen molar-refractivity contribution in [2.45, 2.75) is 58.2 Å². The third-order valence-corrected chi connectivity index (χ3v) is 9.37. The van der Waals surface area contributed by atoms with Crippen LogP contribution in [0, 0.1) is 12.8 Å². The molecule has 1 heterocycles. The van der Waals surface area contributed by atoms with Crippen LogP contribution in [0.4, 0.5) is 0 Å². The second kappa shape index (κ2) is 15.5. The third kappa shape index (κ3) is 9.48. The highest BCUT2D eigenvalue weighted by Gasteiger charge is 2.31. The van der Waals surface area contributed by atoms with Crippen LogP contribution in [0.5, 0.6) is 0 Å². The lowest BCUT2D eigenvalue weighted by atomic mass is 9.93. The van der Waals surface area contributed by atoms with Gasteiger partial charge in [-0.3, -0.25) is 9.69 Å². The first-order valence-electron chi connectivity index (χ1n) is 15.3. The van der Waals surface area contributed by atoms with Crippen LogP contribution >= 0.6 is 0 Å². The molecule has 4 rings (SSSR count). The maximum absolute atomic E-state index is 13.5. The lowest BCUT2D eigenvalue weighted by Crippen LogP contribution is -2.42. The van der Waals surface area contributed by atoms with Gasteiger partial charge in [-0.25, -0.2) is 13.2 Å². The molecule has 2 aromatic carbocycles. The Morgan fingerprint density at radius 2 is 1.91 bits per heavy atom. The molecular formula is C35H44N2O6S. The van der Waals surface area contributed by atoms with Gasteiger partial charge in [0.05, 0.1) is 19.0 Å². The van der Waals surface area contributed by atoms with E-state index < -0.39 is 27.8 Å². The fourth-order valence-corrected chi connectivity index (χ4v) is 6.52. The summed E-state index contributed by atoms with van der Waals surface area (Å²) in [4.78, 5) is 27.8. The normalized spacial score (nSPS) is 19.4. The van der Waals surface area contributed by atoms with E-state index in [1.54, 1.807) is 6.07 Å². The fourth-order valence-electron chi connectivity index (χ4n) is 5.85. The summed E-state index contributed by atoms with van der Waals surface area (Å²) in [5, 5.41) is 12.2. The molecule has 2 N–H and O–H groups in total. The molecule has 8 nitrogen and oxygen atoms in total. The smallest absolute Gasteiger partial charge is 0.326 e. The summed E-state index contributed by atoms with van der Waals surface area (Å²) in [7, 11) is -3.39. The number of rotatable bonds is 14. The van der Waals surface area contributed by atoms with Gasteiger partial charge in [-0.15, -0.1) is 0 Å². The molecule has 0 radical (unpaired) electrons. The Kier molecular flexibility index (Phi) is 11.7. The zero-order valence-corrected chi connectivity index (χ0v) is 26.7. The molecule has 1 saturated heterocycles. The minimum absolute atomic E-state index is 0.209. The number of hydrogen-bond donors (Lipinski definition) is 2. The minimum atomic E-state index is -3.39. The predicted molar refractivity (Wildman–Crippen MR) is 174 cm³/mol. The van der Waals surface area contributed by atoms with Gasteiger partial charge in [0, 0.05) is 31.0 Å². The second-order valence-corrected chi connectivity index (χ2v) is 14.2. The molecule has 1 amide bonds. The Hall–Kier alpha value is -3.53. The molecule has 1 aliphatic heterocycles. The molecule has 1 fully saturated rings. The van der Waals surface area contributed by atoms with Gasteiger partial charge in [-0.05, 0) is 72.1 Å². The Bertz CT molecular complexity index is 1530. The number of nitrogens with one attached hydrogen (secondary N) is 1. The third-order valence-electron chi connectivity index (χ3n) is 8.39. The number of sulfone groups is 1. The van der Waals surface area contributed by atoms with E-state index in [0.29, 0.717) is 36.8 Å². The standard InChI is InChI=1S/C35H44N2O6S/c1-4-26-19-29(24-43-23-27-12-7-5-6-8-13-27)37(21-26)22-28-15-16-31(32(20-28)30-14-10-9-11-25(30)2)34(38)36-33(35(39)40)17-18-44(3,41)42/h5-12,14-16,20,26,29,33H,4,13,17-19,21-24H2,1-3H3,(H,36,38)(H,39,40). The largest absolute Gasteiger partial charge is 0.480 e. The van der Waals surface area contributed by atoms with Gasteiger partial charge in [-0.2, -0.15) is 0 Å². The Labute approximate surface area is 261 Å². The highest BCUT2D eigenvalue weighted by molar-refractivity contribution is 7.90. The van der Waals surface area contributed by atoms with Crippen LogP contribution in [-0.4, -0.2) is 74.2 Å². The summed E-state index contributed by atoms with van der Waals surface area (Å²) in [5.41, 5.74) is 5.24. The molecule has 0 saturated carbocycles. The summed E-state index contributed by atoms with van der Waals surface area (Å²) in [5.74, 6) is -1.56. The number of hydrogen-bond acceptors (Lipinski definition) is 6. The molecule has 1 aliphatic carbocycles. The van der Waals surface area contributed by atoms with E-state index in [4.69, 9.17) is 4.74 Å². The number of aliphatic carboxylic acids is 1. The summed E-state index contributed by atoms with van der Waals surface area (Å²) in [6.45, 7) is 7.14. The predicted octanol–water partition coefficient (Wildman–Crippen LogP) is 5.34. The van der Waals surface area contributed by atoms with E-state index in [-0.39, 0.29) is 18.2 Å². The van der Waals surface area contributed by atoms with Crippen molar-refractivity contribution >= 4 is 21.7 Å². The van der Waals surface area contributed by atoms with Gasteiger partial charge in [-0.1, -0.05) is 74.1 Å². The average molecular weight is 621 g/mol. The van der Waals surface area contributed by atoms with Crippen molar-refractivity contribution in [3.8, 4) is 11.1 Å². The van der Waals surface area contributed by atoms with Gasteiger partial charge in [0.15, 0.2) is 0 Å². The van der Waals surface area contributed by atoms with Crippen molar-refractivity contribution < 1.29 is 27.9 Å². The van der Waals surface area contributed by atoms with Crippen LogP contribution in [0.2, 0.25) is 0 Å². The minimum Gasteiger partial charge on any atom is -0.480 e. The van der Waals surface area contributed by atoms with E-state index in [0.717, 1.165) is 48.8 Å². The van der Waals surface area contributed by atoms with Gasteiger partial charge in [0.1, 0.15) is 15.9 Å². The molecule has 2 aliphatic rings. The van der Waals surface area contributed by atoms with Gasteiger partial charge in [0.2, 0.25) is 0 Å². The second-order valence-electron chi connectivity index (χ2n) is 11.9. The number of likely N-dealkylation sites (tertiary alicyclic amines) is 1. The van der Waals surface area contributed by atoms with Crippen LogP contribution in [0.3, 0.4) is 0 Å². The summed E-state index contributed by atoms with van der Waals surface area (Å²) < 4.78 is 29.5. The molecule has 0 aromatic heterocycles. The lowest BCUT2D eigenvalue weighted by Gasteiger charge is -2.25. The number of amides is 1. The Balaban J connectivity index is 1.55. The van der Waals surface area contributed by atoms with Gasteiger partial charge < -0.3 is 15.2 Å². The van der Waals surface area contributed by atoms with E-state index in [1.165, 1.54) is 5.57 Å². The monoisotopic (exact) mass is 620 g/mol. The molecule has 2 aromatic rings. The molecule has 236 valence electrons. The number of allylic oxidation sites excluding steroid dienone is 5. The van der Waals surface area contributed by atoms with Crippen molar-refractivity contribution in [3.05, 3.63) is 95.1 Å². The van der Waals surface area contributed by atoms with Gasteiger partial charge in [0.25, 0.3) is 5.91 Å². The molecular weight excluding hydrogens is 576 g/mol. The maximum Gasteiger partial charge on any atom is 0.326 e. The molecule has 44 heavy (non-hydrogen) atoms. The molecule has 3 atom stereocenters. The molecule has 0 bridgehead atoms. The van der Waals surface area contributed by atoms with E-state index in [1.807, 2.05) is 55.5 Å². The summed E-state index contributed by atoms with van der Waals surface area (Å²) >= 11 is 0. The maximum atomic E-state index is 13.5. The first-order chi connectivity index (χ1) is 21.0. The first-order valence-corrected chi connectivity index (χ1v) is 17.3. The van der Waals surface area contributed by atoms with Gasteiger partial charge >= 0.3 is 5.97 Å². The molecule has 3 unspecified atom stereocenters. The topological polar surface area (TPSA) is 113 Å². The number of carboxylic acids is 1. The summed E-state index contributed by atoms with van der Waals surface area (Å²) in [6.07, 6.45) is 14.3. The zero-order chi connectivity index (χ0) is 31.7. The van der Waals surface area contributed by atoms with E-state index in [2.05, 4.69) is 35.4 Å². The fraction of sp³-hybridized carbons (Fsp3) is 0.429. The van der Waals surface area contributed by atoms with Crippen molar-refractivity contribution in [1.82, 2.24) is 10.2 Å². The highest BCUT2D eigenvalue weighted by Crippen LogP contribution is 2.32. The molecule has 0 spiro atoms.